The molecule has 0 unspecified atom stereocenters. The monoisotopic (exact) mass is 316 g/mol. The molecule has 0 aliphatic carbocycles. The summed E-state index contributed by atoms with van der Waals surface area (Å²) in [5.74, 6) is 0.0196. The minimum absolute atomic E-state index is 0.0204. The van der Waals surface area contributed by atoms with Gasteiger partial charge < -0.3 is 10.2 Å². The number of rotatable bonds is 1. The van der Waals surface area contributed by atoms with Gasteiger partial charge in [-0.05, 0) is 46.0 Å². The molecule has 3 heterocycles. The van der Waals surface area contributed by atoms with Crippen LogP contribution < -0.4 is 5.32 Å². The molecule has 0 spiro atoms. The minimum Gasteiger partial charge on any atom is -0.349 e. The number of aromatic nitrogens is 2. The summed E-state index contributed by atoms with van der Waals surface area (Å²) in [6.45, 7) is 4.64. The van der Waals surface area contributed by atoms with E-state index >= 15 is 0 Å². The van der Waals surface area contributed by atoms with E-state index in [2.05, 4.69) is 22.2 Å². The zero-order valence-corrected chi connectivity index (χ0v) is 13.8. The van der Waals surface area contributed by atoms with Gasteiger partial charge in [0.05, 0.1) is 23.5 Å². The Labute approximate surface area is 136 Å². The van der Waals surface area contributed by atoms with Gasteiger partial charge in [0.1, 0.15) is 5.69 Å². The van der Waals surface area contributed by atoms with Crippen LogP contribution in [0.15, 0.2) is 12.4 Å². The van der Waals surface area contributed by atoms with Crippen LogP contribution in [0.3, 0.4) is 0 Å². The number of carbonyl (C=O) groups is 2. The standard InChI is InChI=1S/C17H24N4O2/c1-12-10-19-13(11-18-12)16(23)21-9-4-3-8-17(2)14(21)6-5-7-15(22)20-17/h10-11,14H,3-9H2,1-2H3,(H,20,22)/t14-,17-/m0/s1. The fourth-order valence-corrected chi connectivity index (χ4v) is 3.79. The van der Waals surface area contributed by atoms with Gasteiger partial charge in [-0.25, -0.2) is 4.98 Å². The van der Waals surface area contributed by atoms with Crippen molar-refractivity contribution in [1.29, 1.82) is 0 Å². The lowest BCUT2D eigenvalue weighted by Crippen LogP contribution is -2.59. The molecule has 1 aromatic heterocycles. The molecule has 6 heteroatoms. The summed E-state index contributed by atoms with van der Waals surface area (Å²) in [6, 6.07) is 0.0204. The van der Waals surface area contributed by atoms with Crippen molar-refractivity contribution in [2.45, 2.75) is 64.0 Å². The van der Waals surface area contributed by atoms with E-state index in [4.69, 9.17) is 0 Å². The van der Waals surface area contributed by atoms with Gasteiger partial charge in [0.2, 0.25) is 5.91 Å². The smallest absolute Gasteiger partial charge is 0.274 e. The molecule has 1 aromatic rings. The van der Waals surface area contributed by atoms with Gasteiger partial charge in [-0.3, -0.25) is 14.6 Å². The molecule has 2 saturated heterocycles. The zero-order chi connectivity index (χ0) is 16.4. The maximum Gasteiger partial charge on any atom is 0.274 e. The number of amides is 2. The van der Waals surface area contributed by atoms with Crippen LogP contribution in [0.5, 0.6) is 0 Å². The zero-order valence-electron chi connectivity index (χ0n) is 13.8. The Morgan fingerprint density at radius 2 is 2.13 bits per heavy atom. The summed E-state index contributed by atoms with van der Waals surface area (Å²) < 4.78 is 0. The van der Waals surface area contributed by atoms with Gasteiger partial charge in [-0.1, -0.05) is 0 Å². The molecule has 0 aromatic carbocycles. The summed E-state index contributed by atoms with van der Waals surface area (Å²) in [7, 11) is 0. The number of carbonyl (C=O) groups excluding carboxylic acids is 2. The molecule has 0 radical (unpaired) electrons. The van der Waals surface area contributed by atoms with Crippen LogP contribution >= 0.6 is 0 Å². The maximum absolute atomic E-state index is 13.0. The molecule has 2 fully saturated rings. The number of aryl methyl sites for hydroxylation is 1. The summed E-state index contributed by atoms with van der Waals surface area (Å²) in [5, 5.41) is 3.17. The lowest BCUT2D eigenvalue weighted by Gasteiger charge is -2.41. The third-order valence-electron chi connectivity index (χ3n) is 5.02. The number of fused-ring (bicyclic) bond motifs is 1. The van der Waals surface area contributed by atoms with Crippen molar-refractivity contribution in [3.8, 4) is 0 Å². The molecule has 2 aliphatic rings. The van der Waals surface area contributed by atoms with E-state index in [9.17, 15) is 9.59 Å². The second-order valence-electron chi connectivity index (χ2n) is 6.87. The van der Waals surface area contributed by atoms with E-state index in [0.717, 1.165) is 37.8 Å². The van der Waals surface area contributed by atoms with E-state index < -0.39 is 0 Å². The van der Waals surface area contributed by atoms with Gasteiger partial charge in [0, 0.05) is 19.2 Å². The van der Waals surface area contributed by atoms with Gasteiger partial charge in [0.25, 0.3) is 5.91 Å². The summed E-state index contributed by atoms with van der Waals surface area (Å²) in [5.41, 5.74) is 0.831. The molecule has 0 saturated carbocycles. The summed E-state index contributed by atoms with van der Waals surface area (Å²) >= 11 is 0. The first-order chi connectivity index (χ1) is 11.0. The van der Waals surface area contributed by atoms with Crippen molar-refractivity contribution in [2.24, 2.45) is 0 Å². The average Bonchev–Trinajstić information content (AvgIpc) is 2.75. The number of hydrogen-bond donors (Lipinski definition) is 1. The number of nitrogens with zero attached hydrogens (tertiary/aromatic N) is 3. The van der Waals surface area contributed by atoms with Crippen LogP contribution in [0.2, 0.25) is 0 Å². The van der Waals surface area contributed by atoms with Gasteiger partial charge in [-0.15, -0.1) is 0 Å². The lowest BCUT2D eigenvalue weighted by atomic mass is 9.85. The van der Waals surface area contributed by atoms with Crippen molar-refractivity contribution in [2.75, 3.05) is 6.54 Å². The Balaban J connectivity index is 1.91. The van der Waals surface area contributed by atoms with Crippen molar-refractivity contribution in [3.05, 3.63) is 23.8 Å². The first-order valence-electron chi connectivity index (χ1n) is 8.40. The molecular weight excluding hydrogens is 292 g/mol. The molecule has 6 nitrogen and oxygen atoms in total. The Bertz CT molecular complexity index is 601. The summed E-state index contributed by atoms with van der Waals surface area (Å²) in [4.78, 5) is 35.3. The highest BCUT2D eigenvalue weighted by Gasteiger charge is 2.43. The molecule has 23 heavy (non-hydrogen) atoms. The largest absolute Gasteiger partial charge is 0.349 e. The molecule has 1 N–H and O–H groups in total. The van der Waals surface area contributed by atoms with Crippen molar-refractivity contribution in [3.63, 3.8) is 0 Å². The van der Waals surface area contributed by atoms with Crippen LogP contribution in [0.4, 0.5) is 0 Å². The first-order valence-corrected chi connectivity index (χ1v) is 8.40. The quantitative estimate of drug-likeness (QED) is 0.858. The number of likely N-dealkylation sites (tertiary alicyclic amines) is 1. The van der Waals surface area contributed by atoms with Crippen LogP contribution in [0.1, 0.15) is 61.6 Å². The fraction of sp³-hybridized carbons (Fsp3) is 0.647. The highest BCUT2D eigenvalue weighted by molar-refractivity contribution is 5.92. The fourth-order valence-electron chi connectivity index (χ4n) is 3.79. The Kier molecular flexibility index (Phi) is 4.33. The Morgan fingerprint density at radius 3 is 2.87 bits per heavy atom. The predicted molar refractivity (Wildman–Crippen MR) is 85.8 cm³/mol. The SMILES string of the molecule is Cc1cnc(C(=O)N2CCCC[C@]3(C)NC(=O)CCC[C@H]23)cn1. The third-order valence-corrected chi connectivity index (χ3v) is 5.02. The van der Waals surface area contributed by atoms with E-state index in [-0.39, 0.29) is 23.4 Å². The van der Waals surface area contributed by atoms with Crippen LogP contribution in [0, 0.1) is 6.92 Å². The molecule has 2 amide bonds. The van der Waals surface area contributed by atoms with Crippen LogP contribution in [0.25, 0.3) is 0 Å². The average molecular weight is 316 g/mol. The highest BCUT2D eigenvalue weighted by Crippen LogP contribution is 2.33. The maximum atomic E-state index is 13.0. The summed E-state index contributed by atoms with van der Waals surface area (Å²) in [6.07, 6.45) is 8.25. The molecule has 0 bridgehead atoms. The topological polar surface area (TPSA) is 75.2 Å². The van der Waals surface area contributed by atoms with Gasteiger partial charge in [-0.2, -0.15) is 0 Å². The third kappa shape index (κ3) is 3.21. The van der Waals surface area contributed by atoms with Crippen molar-refractivity contribution in [1.82, 2.24) is 20.2 Å². The second-order valence-corrected chi connectivity index (χ2v) is 6.87. The molecule has 124 valence electrons. The van der Waals surface area contributed by atoms with Gasteiger partial charge >= 0.3 is 0 Å². The van der Waals surface area contributed by atoms with Crippen LogP contribution in [-0.2, 0) is 4.79 Å². The molecule has 2 aliphatic heterocycles. The predicted octanol–water partition coefficient (Wildman–Crippen LogP) is 1.84. The normalized spacial score (nSPS) is 28.3. The molecule has 2 atom stereocenters. The van der Waals surface area contributed by atoms with Gasteiger partial charge in [0.15, 0.2) is 0 Å². The molecule has 3 rings (SSSR count). The van der Waals surface area contributed by atoms with Crippen molar-refractivity contribution < 1.29 is 9.59 Å². The second kappa shape index (κ2) is 6.26. The van der Waals surface area contributed by atoms with E-state index in [1.54, 1.807) is 12.4 Å². The number of nitrogens with one attached hydrogen (secondary N) is 1. The van der Waals surface area contributed by atoms with Crippen LogP contribution in [-0.4, -0.2) is 44.8 Å². The Morgan fingerprint density at radius 1 is 1.30 bits per heavy atom. The van der Waals surface area contributed by atoms with E-state index in [1.807, 2.05) is 11.8 Å². The van der Waals surface area contributed by atoms with E-state index in [1.165, 1.54) is 0 Å². The van der Waals surface area contributed by atoms with Crippen molar-refractivity contribution >= 4 is 11.8 Å². The number of hydrogen-bond acceptors (Lipinski definition) is 4. The molecular formula is C17H24N4O2. The first kappa shape index (κ1) is 15.9. The Hall–Kier alpha value is -1.98. The minimum atomic E-state index is -0.349. The lowest BCUT2D eigenvalue weighted by molar-refractivity contribution is -0.122. The van der Waals surface area contributed by atoms with E-state index in [0.29, 0.717) is 18.7 Å². The highest BCUT2D eigenvalue weighted by atomic mass is 16.2.